The molecule has 1 amide bonds. The summed E-state index contributed by atoms with van der Waals surface area (Å²) in [6, 6.07) is 16.4. The Kier molecular flexibility index (Phi) is 7.15. The van der Waals surface area contributed by atoms with Gasteiger partial charge in [0.05, 0.1) is 18.2 Å². The standard InChI is InChI=1S/C30H23F2N5O4S/c1-33-30-36-24-15-21(28(39)37(29(24)42-30)18-6-3-16(31)4-7-18)27(38)35-17-5-10-26(22(32)13-17)41-25-11-12-34-23-14-19(40-2)8-9-20(23)25/h3-15,28,39H,1-2H3,(H,33,36)(H,35,38). The van der Waals surface area contributed by atoms with Crippen molar-refractivity contribution in [2.75, 3.05) is 29.7 Å². The Morgan fingerprint density at radius 1 is 1.05 bits per heavy atom. The number of rotatable bonds is 7. The fourth-order valence-electron chi connectivity index (χ4n) is 4.51. The summed E-state index contributed by atoms with van der Waals surface area (Å²) >= 11 is 1.27. The van der Waals surface area contributed by atoms with Crippen molar-refractivity contribution in [3.05, 3.63) is 95.8 Å². The maximum Gasteiger partial charge on any atom is 0.256 e. The average molecular weight is 588 g/mol. The summed E-state index contributed by atoms with van der Waals surface area (Å²) in [6.07, 6.45) is 1.61. The van der Waals surface area contributed by atoms with Crippen LogP contribution in [0.4, 0.5) is 30.3 Å². The summed E-state index contributed by atoms with van der Waals surface area (Å²) in [4.78, 5) is 23.6. The molecule has 0 saturated carbocycles. The van der Waals surface area contributed by atoms with Gasteiger partial charge in [0.25, 0.3) is 5.91 Å². The highest BCUT2D eigenvalue weighted by atomic mass is 32.1. The highest BCUT2D eigenvalue weighted by Crippen LogP contribution is 2.43. The van der Waals surface area contributed by atoms with Gasteiger partial charge in [-0.3, -0.25) is 9.78 Å². The van der Waals surface area contributed by atoms with Crippen LogP contribution in [0.25, 0.3) is 17.0 Å². The lowest BCUT2D eigenvalue weighted by molar-refractivity contribution is -0.113. The van der Waals surface area contributed by atoms with Gasteiger partial charge in [-0.05, 0) is 60.7 Å². The second-order valence-corrected chi connectivity index (χ2v) is 10.2. The molecule has 1 atom stereocenters. The highest BCUT2D eigenvalue weighted by molar-refractivity contribution is 7.19. The van der Waals surface area contributed by atoms with Crippen molar-refractivity contribution in [3.8, 4) is 17.2 Å². The van der Waals surface area contributed by atoms with Crippen LogP contribution in [0.1, 0.15) is 5.69 Å². The van der Waals surface area contributed by atoms with E-state index in [1.54, 1.807) is 44.6 Å². The maximum absolute atomic E-state index is 15.1. The van der Waals surface area contributed by atoms with Gasteiger partial charge in [0, 0.05) is 42.1 Å². The number of ether oxygens (including phenoxy) is 2. The molecule has 212 valence electrons. The van der Waals surface area contributed by atoms with Crippen LogP contribution in [-0.2, 0) is 4.79 Å². The molecule has 12 heteroatoms. The third kappa shape index (κ3) is 5.08. The number of benzene rings is 3. The number of anilines is 4. The van der Waals surface area contributed by atoms with E-state index in [9.17, 15) is 14.3 Å². The SMILES string of the molecule is CNc1nc2c(s1)N(c1ccc(F)cc1)C(O)C(C(=O)Nc1ccc(Oc3ccnc4cc(OC)ccc34)c(F)c1)=C2. The molecular formula is C30H23F2N5O4S. The minimum Gasteiger partial charge on any atom is -0.497 e. The molecule has 0 fully saturated rings. The van der Waals surface area contributed by atoms with E-state index < -0.39 is 23.8 Å². The van der Waals surface area contributed by atoms with Crippen LogP contribution in [0.2, 0.25) is 0 Å². The zero-order chi connectivity index (χ0) is 29.4. The van der Waals surface area contributed by atoms with Gasteiger partial charge in [-0.2, -0.15) is 0 Å². The van der Waals surface area contributed by atoms with Crippen molar-refractivity contribution in [1.29, 1.82) is 0 Å². The van der Waals surface area contributed by atoms with Crippen LogP contribution in [0.15, 0.2) is 78.5 Å². The Bertz CT molecular complexity index is 1840. The molecule has 42 heavy (non-hydrogen) atoms. The molecule has 0 aliphatic carbocycles. The minimum absolute atomic E-state index is 0.0285. The molecule has 1 unspecified atom stereocenters. The predicted octanol–water partition coefficient (Wildman–Crippen LogP) is 6.30. The number of halogens is 2. The van der Waals surface area contributed by atoms with E-state index in [0.717, 1.165) is 6.07 Å². The van der Waals surface area contributed by atoms with Gasteiger partial charge in [0.15, 0.2) is 22.9 Å². The molecular weight excluding hydrogens is 564 g/mol. The Balaban J connectivity index is 1.25. The fourth-order valence-corrected chi connectivity index (χ4v) is 5.46. The Morgan fingerprint density at radius 3 is 2.60 bits per heavy atom. The molecule has 6 rings (SSSR count). The highest BCUT2D eigenvalue weighted by Gasteiger charge is 2.34. The summed E-state index contributed by atoms with van der Waals surface area (Å²) in [5.41, 5.74) is 1.65. The molecule has 3 heterocycles. The van der Waals surface area contributed by atoms with Gasteiger partial charge in [-0.25, -0.2) is 13.8 Å². The number of pyridine rings is 1. The number of hydrogen-bond donors (Lipinski definition) is 3. The first-order valence-electron chi connectivity index (χ1n) is 12.7. The fraction of sp³-hybridized carbons (Fsp3) is 0.100. The molecule has 5 aromatic rings. The van der Waals surface area contributed by atoms with Crippen LogP contribution >= 0.6 is 11.3 Å². The van der Waals surface area contributed by atoms with E-state index >= 15 is 4.39 Å². The topological polar surface area (TPSA) is 109 Å². The monoisotopic (exact) mass is 587 g/mol. The lowest BCUT2D eigenvalue weighted by Crippen LogP contribution is -2.39. The zero-order valence-corrected chi connectivity index (χ0v) is 23.1. The van der Waals surface area contributed by atoms with Gasteiger partial charge in [-0.1, -0.05) is 11.3 Å². The Morgan fingerprint density at radius 2 is 1.86 bits per heavy atom. The Hall–Kier alpha value is -5.07. The van der Waals surface area contributed by atoms with E-state index in [2.05, 4.69) is 20.6 Å². The molecule has 9 nitrogen and oxygen atoms in total. The average Bonchev–Trinajstić information content (AvgIpc) is 3.41. The quantitative estimate of drug-likeness (QED) is 0.204. The maximum atomic E-state index is 15.1. The van der Waals surface area contributed by atoms with Crippen molar-refractivity contribution in [1.82, 2.24) is 9.97 Å². The summed E-state index contributed by atoms with van der Waals surface area (Å²) in [7, 11) is 3.26. The summed E-state index contributed by atoms with van der Waals surface area (Å²) in [5, 5.41) is 18.7. The summed E-state index contributed by atoms with van der Waals surface area (Å²) in [6.45, 7) is 0. The number of methoxy groups -OCH3 is 1. The van der Waals surface area contributed by atoms with Crippen molar-refractivity contribution >= 4 is 55.7 Å². The molecule has 0 spiro atoms. The van der Waals surface area contributed by atoms with Gasteiger partial charge >= 0.3 is 0 Å². The number of nitrogens with zero attached hydrogens (tertiary/aromatic N) is 3. The summed E-state index contributed by atoms with van der Waals surface area (Å²) < 4.78 is 39.8. The number of aromatic nitrogens is 2. The number of aliphatic hydroxyl groups is 1. The molecule has 3 aromatic carbocycles. The third-order valence-electron chi connectivity index (χ3n) is 6.57. The summed E-state index contributed by atoms with van der Waals surface area (Å²) in [5.74, 6) is -0.840. The smallest absolute Gasteiger partial charge is 0.256 e. The third-order valence-corrected chi connectivity index (χ3v) is 7.66. The van der Waals surface area contributed by atoms with Crippen LogP contribution in [0.5, 0.6) is 17.2 Å². The minimum atomic E-state index is -1.42. The second kappa shape index (κ2) is 11.1. The normalized spacial score (nSPS) is 14.3. The lowest BCUT2D eigenvalue weighted by atomic mass is 10.1. The van der Waals surface area contributed by atoms with Crippen molar-refractivity contribution in [3.63, 3.8) is 0 Å². The van der Waals surface area contributed by atoms with Gasteiger partial charge in [-0.15, -0.1) is 0 Å². The van der Waals surface area contributed by atoms with Crippen LogP contribution < -0.4 is 25.0 Å². The first-order valence-corrected chi connectivity index (χ1v) is 13.5. The van der Waals surface area contributed by atoms with Crippen molar-refractivity contribution in [2.24, 2.45) is 0 Å². The number of thiazole rings is 1. The van der Waals surface area contributed by atoms with E-state index in [1.807, 2.05) is 0 Å². The number of carbonyl (C=O) groups is 1. The first kappa shape index (κ1) is 27.1. The van der Waals surface area contributed by atoms with Crippen LogP contribution in [0, 0.1) is 11.6 Å². The number of nitrogens with one attached hydrogen (secondary N) is 2. The molecule has 1 aliphatic rings. The molecule has 1 aliphatic heterocycles. The van der Waals surface area contributed by atoms with Gasteiger partial charge < -0.3 is 30.1 Å². The van der Waals surface area contributed by atoms with Gasteiger partial charge in [0.2, 0.25) is 0 Å². The number of fused-ring (bicyclic) bond motifs is 2. The van der Waals surface area contributed by atoms with Crippen molar-refractivity contribution < 1.29 is 28.2 Å². The van der Waals surface area contributed by atoms with E-state index in [4.69, 9.17) is 9.47 Å². The zero-order valence-electron chi connectivity index (χ0n) is 22.3. The molecule has 0 saturated heterocycles. The molecule has 0 bridgehead atoms. The lowest BCUT2D eigenvalue weighted by Gasteiger charge is -2.33. The largest absolute Gasteiger partial charge is 0.497 e. The molecule has 0 radical (unpaired) electrons. The molecule has 2 aromatic heterocycles. The van der Waals surface area contributed by atoms with E-state index in [1.165, 1.54) is 58.7 Å². The number of amides is 1. The predicted molar refractivity (Wildman–Crippen MR) is 158 cm³/mol. The second-order valence-electron chi connectivity index (χ2n) is 9.17. The molecule has 3 N–H and O–H groups in total. The van der Waals surface area contributed by atoms with E-state index in [-0.39, 0.29) is 17.0 Å². The van der Waals surface area contributed by atoms with Crippen LogP contribution in [-0.4, -0.2) is 41.4 Å². The number of hydrogen-bond acceptors (Lipinski definition) is 9. The first-order chi connectivity index (χ1) is 20.3. The number of carbonyl (C=O) groups excluding carboxylic acids is 1. The number of aliphatic hydroxyl groups excluding tert-OH is 1. The van der Waals surface area contributed by atoms with Crippen LogP contribution in [0.3, 0.4) is 0 Å². The van der Waals surface area contributed by atoms with E-state index in [0.29, 0.717) is 43.9 Å². The Labute approximate surface area is 242 Å². The van der Waals surface area contributed by atoms with Gasteiger partial charge in [0.1, 0.15) is 28.0 Å². The van der Waals surface area contributed by atoms with Crippen molar-refractivity contribution in [2.45, 2.75) is 6.23 Å².